The van der Waals surface area contributed by atoms with Gasteiger partial charge in [0, 0.05) is 31.2 Å². The molecule has 2 atom stereocenters. The highest BCUT2D eigenvalue weighted by Crippen LogP contribution is 2.27. The summed E-state index contributed by atoms with van der Waals surface area (Å²) in [6.07, 6.45) is 1.18. The number of rotatable bonds is 7. The third-order valence-corrected chi connectivity index (χ3v) is 8.24. The first-order chi connectivity index (χ1) is 15.5. The minimum Gasteiger partial charge on any atom is -0.379 e. The van der Waals surface area contributed by atoms with Gasteiger partial charge in [0.2, 0.25) is 15.9 Å². The summed E-state index contributed by atoms with van der Waals surface area (Å²) in [6, 6.07) is 15.2. The van der Waals surface area contributed by atoms with E-state index < -0.39 is 16.1 Å². The second-order valence-corrected chi connectivity index (χ2v) is 10.4. The molecule has 2 saturated heterocycles. The Kier molecular flexibility index (Phi) is 7.48. The first-order valence-electron chi connectivity index (χ1n) is 10.9. The van der Waals surface area contributed by atoms with Crippen molar-refractivity contribution in [1.82, 2.24) is 14.5 Å². The van der Waals surface area contributed by atoms with Gasteiger partial charge in [-0.15, -0.1) is 0 Å². The van der Waals surface area contributed by atoms with Crippen LogP contribution in [0, 0.1) is 0 Å². The maximum absolute atomic E-state index is 13.1. The fourth-order valence-corrected chi connectivity index (χ4v) is 6.17. The van der Waals surface area contributed by atoms with Crippen molar-refractivity contribution < 1.29 is 17.9 Å². The molecule has 1 N–H and O–H groups in total. The number of hydrogen-bond donors (Lipinski definition) is 1. The third-order valence-electron chi connectivity index (χ3n) is 6.07. The van der Waals surface area contributed by atoms with E-state index in [4.69, 9.17) is 16.3 Å². The zero-order chi connectivity index (χ0) is 22.6. The summed E-state index contributed by atoms with van der Waals surface area (Å²) in [5, 5.41) is 3.69. The van der Waals surface area contributed by atoms with Crippen molar-refractivity contribution in [1.29, 1.82) is 0 Å². The number of halogens is 1. The Morgan fingerprint density at radius 1 is 1.06 bits per heavy atom. The molecule has 0 bridgehead atoms. The summed E-state index contributed by atoms with van der Waals surface area (Å²) >= 11 is 6.06. The average molecular weight is 478 g/mol. The zero-order valence-electron chi connectivity index (χ0n) is 17.8. The standard InChI is InChI=1S/C23H28ClN3O4S/c24-19-10-8-18(9-11-19)22(26-13-15-31-16-14-26)17-25-23(28)21-7-4-12-27(21)32(29,30)20-5-2-1-3-6-20/h1-3,5-6,8-11,21-22H,4,7,12-17H2,(H,25,28). The van der Waals surface area contributed by atoms with Gasteiger partial charge in [-0.2, -0.15) is 4.31 Å². The van der Waals surface area contributed by atoms with Crippen LogP contribution in [0.1, 0.15) is 24.4 Å². The Labute approximate surface area is 194 Å². The van der Waals surface area contributed by atoms with Crippen LogP contribution in [-0.2, 0) is 19.6 Å². The molecule has 2 aliphatic rings. The summed E-state index contributed by atoms with van der Waals surface area (Å²) in [5.41, 5.74) is 1.05. The van der Waals surface area contributed by atoms with E-state index in [0.29, 0.717) is 44.2 Å². The van der Waals surface area contributed by atoms with Gasteiger partial charge in [-0.25, -0.2) is 8.42 Å². The lowest BCUT2D eigenvalue weighted by Crippen LogP contribution is -2.49. The Morgan fingerprint density at radius 3 is 2.44 bits per heavy atom. The Morgan fingerprint density at radius 2 is 1.75 bits per heavy atom. The SMILES string of the molecule is O=C(NCC(c1ccc(Cl)cc1)N1CCOCC1)C1CCCN1S(=O)(=O)c1ccccc1. The highest BCUT2D eigenvalue weighted by molar-refractivity contribution is 7.89. The highest BCUT2D eigenvalue weighted by Gasteiger charge is 2.39. The van der Waals surface area contributed by atoms with Crippen LogP contribution in [0.2, 0.25) is 5.02 Å². The Hall–Kier alpha value is -1.97. The van der Waals surface area contributed by atoms with Crippen molar-refractivity contribution in [2.45, 2.75) is 29.8 Å². The van der Waals surface area contributed by atoms with Gasteiger partial charge in [0.1, 0.15) is 6.04 Å². The van der Waals surface area contributed by atoms with E-state index in [1.54, 1.807) is 30.3 Å². The van der Waals surface area contributed by atoms with Crippen molar-refractivity contribution >= 4 is 27.5 Å². The molecule has 1 amide bonds. The molecule has 172 valence electrons. The number of nitrogens with one attached hydrogen (secondary N) is 1. The molecule has 0 spiro atoms. The van der Waals surface area contributed by atoms with Gasteiger partial charge >= 0.3 is 0 Å². The normalized spacial score (nSPS) is 21.3. The first kappa shape index (κ1) is 23.2. The fourth-order valence-electron chi connectivity index (χ4n) is 4.36. The Balaban J connectivity index is 1.48. The molecular weight excluding hydrogens is 450 g/mol. The molecule has 0 radical (unpaired) electrons. The van der Waals surface area contributed by atoms with Gasteiger partial charge in [0.05, 0.1) is 24.2 Å². The second kappa shape index (κ2) is 10.3. The molecule has 4 rings (SSSR count). The lowest BCUT2D eigenvalue weighted by molar-refractivity contribution is -0.124. The number of carbonyl (C=O) groups is 1. The van der Waals surface area contributed by atoms with Crippen molar-refractivity contribution in [3.63, 3.8) is 0 Å². The van der Waals surface area contributed by atoms with Gasteiger partial charge in [-0.3, -0.25) is 9.69 Å². The molecule has 32 heavy (non-hydrogen) atoms. The quantitative estimate of drug-likeness (QED) is 0.663. The number of sulfonamides is 1. The van der Waals surface area contributed by atoms with E-state index in [2.05, 4.69) is 10.2 Å². The molecule has 0 aromatic heterocycles. The topological polar surface area (TPSA) is 79.0 Å². The third kappa shape index (κ3) is 5.15. The molecule has 2 aromatic rings. The molecular formula is C23H28ClN3O4S. The largest absolute Gasteiger partial charge is 0.379 e. The van der Waals surface area contributed by atoms with Crippen molar-refractivity contribution in [3.05, 3.63) is 65.2 Å². The monoisotopic (exact) mass is 477 g/mol. The summed E-state index contributed by atoms with van der Waals surface area (Å²) in [5.74, 6) is -0.255. The summed E-state index contributed by atoms with van der Waals surface area (Å²) in [4.78, 5) is 15.6. The fraction of sp³-hybridized carbons (Fsp3) is 0.435. The highest BCUT2D eigenvalue weighted by atomic mass is 35.5. The number of nitrogens with zero attached hydrogens (tertiary/aromatic N) is 2. The number of carbonyl (C=O) groups excluding carboxylic acids is 1. The van der Waals surface area contributed by atoms with Gasteiger partial charge in [-0.1, -0.05) is 41.9 Å². The van der Waals surface area contributed by atoms with Gasteiger partial charge in [0.15, 0.2) is 0 Å². The van der Waals surface area contributed by atoms with Crippen molar-refractivity contribution in [2.75, 3.05) is 39.4 Å². The van der Waals surface area contributed by atoms with Gasteiger partial charge in [-0.05, 0) is 42.7 Å². The van der Waals surface area contributed by atoms with Crippen molar-refractivity contribution in [2.24, 2.45) is 0 Å². The number of ether oxygens (including phenoxy) is 1. The molecule has 2 fully saturated rings. The van der Waals surface area contributed by atoms with Gasteiger partial charge < -0.3 is 10.1 Å². The molecule has 2 heterocycles. The lowest BCUT2D eigenvalue weighted by Gasteiger charge is -2.35. The average Bonchev–Trinajstić information content (AvgIpc) is 3.33. The Bertz CT molecular complexity index is 1010. The predicted molar refractivity (Wildman–Crippen MR) is 123 cm³/mol. The molecule has 0 saturated carbocycles. The number of morpholine rings is 1. The van der Waals surface area contributed by atoms with Crippen LogP contribution in [0.5, 0.6) is 0 Å². The maximum atomic E-state index is 13.1. The van der Waals surface area contributed by atoms with Crippen LogP contribution in [0.4, 0.5) is 0 Å². The van der Waals surface area contributed by atoms with Crippen LogP contribution < -0.4 is 5.32 Å². The first-order valence-corrected chi connectivity index (χ1v) is 12.7. The van der Waals surface area contributed by atoms with Crippen LogP contribution >= 0.6 is 11.6 Å². The smallest absolute Gasteiger partial charge is 0.243 e. The summed E-state index contributed by atoms with van der Waals surface area (Å²) in [6.45, 7) is 3.55. The van der Waals surface area contributed by atoms with E-state index in [0.717, 1.165) is 18.7 Å². The molecule has 9 heteroatoms. The minimum absolute atomic E-state index is 0.0410. The zero-order valence-corrected chi connectivity index (χ0v) is 19.4. The number of amides is 1. The lowest BCUT2D eigenvalue weighted by atomic mass is 10.0. The molecule has 0 aliphatic carbocycles. The van der Waals surface area contributed by atoms with E-state index in [9.17, 15) is 13.2 Å². The van der Waals surface area contributed by atoms with E-state index >= 15 is 0 Å². The second-order valence-electron chi connectivity index (χ2n) is 8.05. The number of benzene rings is 2. The summed E-state index contributed by atoms with van der Waals surface area (Å²) in [7, 11) is -3.72. The van der Waals surface area contributed by atoms with Crippen LogP contribution in [-0.4, -0.2) is 69.0 Å². The predicted octanol–water partition coefficient (Wildman–Crippen LogP) is 2.68. The maximum Gasteiger partial charge on any atom is 0.243 e. The molecule has 2 aromatic carbocycles. The minimum atomic E-state index is -3.72. The van der Waals surface area contributed by atoms with E-state index in [-0.39, 0.29) is 16.8 Å². The van der Waals surface area contributed by atoms with Crippen molar-refractivity contribution in [3.8, 4) is 0 Å². The van der Waals surface area contributed by atoms with Crippen LogP contribution in [0.15, 0.2) is 59.5 Å². The molecule has 7 nitrogen and oxygen atoms in total. The van der Waals surface area contributed by atoms with Gasteiger partial charge in [0.25, 0.3) is 0 Å². The molecule has 2 aliphatic heterocycles. The number of hydrogen-bond acceptors (Lipinski definition) is 5. The summed E-state index contributed by atoms with van der Waals surface area (Å²) < 4.78 is 33.0. The van der Waals surface area contributed by atoms with E-state index in [1.165, 1.54) is 4.31 Å². The van der Waals surface area contributed by atoms with Crippen LogP contribution in [0.25, 0.3) is 0 Å². The van der Waals surface area contributed by atoms with Crippen LogP contribution in [0.3, 0.4) is 0 Å². The van der Waals surface area contributed by atoms with E-state index in [1.807, 2.05) is 24.3 Å². The molecule has 2 unspecified atom stereocenters.